The molecule has 6 heterocycles. The first kappa shape index (κ1) is 61.3. The van der Waals surface area contributed by atoms with E-state index < -0.39 is 64.6 Å². The van der Waals surface area contributed by atoms with Gasteiger partial charge in [0.05, 0.1) is 5.56 Å². The molecule has 3 aromatic heterocycles. The van der Waals surface area contributed by atoms with Gasteiger partial charge in [0.2, 0.25) is 6.79 Å². The second-order valence-corrected chi connectivity index (χ2v) is 25.1. The first-order valence-corrected chi connectivity index (χ1v) is 33.0. The Bertz CT molecular complexity index is 4550. The van der Waals surface area contributed by atoms with Crippen LogP contribution in [0.15, 0.2) is 263 Å². The summed E-state index contributed by atoms with van der Waals surface area (Å²) in [5, 5.41) is 17.1. The van der Waals surface area contributed by atoms with Gasteiger partial charge in [0.25, 0.3) is 23.4 Å². The first-order valence-electron chi connectivity index (χ1n) is 30.1. The Hall–Kier alpha value is -11.2. The average Bonchev–Trinajstić information content (AvgIpc) is 1.51. The summed E-state index contributed by atoms with van der Waals surface area (Å²) in [5.41, 5.74) is 5.35. The summed E-state index contributed by atoms with van der Waals surface area (Å²) in [6.45, 7) is 1.76. The van der Waals surface area contributed by atoms with Crippen LogP contribution >= 0.6 is 34.9 Å². The van der Waals surface area contributed by atoms with E-state index in [2.05, 4.69) is 30.9 Å². The number of rotatable bonds is 21. The number of aryl methyl sites for hydroxylation is 1. The third-order valence-electron chi connectivity index (χ3n) is 16.1. The number of amides is 2. The van der Waals surface area contributed by atoms with Gasteiger partial charge in [-0.25, -0.2) is 24.4 Å². The number of fused-ring (bicyclic) bond motifs is 3. The Balaban J connectivity index is 0.780. The van der Waals surface area contributed by atoms with Gasteiger partial charge in [-0.3, -0.25) is 14.5 Å². The fourth-order valence-corrected chi connectivity index (χ4v) is 14.8. The van der Waals surface area contributed by atoms with Gasteiger partial charge in [-0.2, -0.15) is 9.50 Å². The summed E-state index contributed by atoms with van der Waals surface area (Å²) in [4.78, 5) is 94.4. The van der Waals surface area contributed by atoms with E-state index >= 15 is 14.4 Å². The molecule has 0 spiro atoms. The summed E-state index contributed by atoms with van der Waals surface area (Å²) in [6, 6.07) is 72.1. The molecular weight excluding hydrogens is 1260 g/mol. The maximum atomic E-state index is 15.3. The molecule has 1 fully saturated rings. The van der Waals surface area contributed by atoms with Gasteiger partial charge >= 0.3 is 17.9 Å². The Morgan fingerprint density at radius 2 is 1.17 bits per heavy atom. The highest BCUT2D eigenvalue weighted by atomic mass is 32.2. The fourth-order valence-electron chi connectivity index (χ4n) is 11.5. The first-order chi connectivity index (χ1) is 46.6. The Kier molecular flexibility index (Phi) is 17.5. The highest BCUT2D eigenvalue weighted by Gasteiger charge is 2.55. The van der Waals surface area contributed by atoms with Crippen molar-refractivity contribution in [2.75, 3.05) is 23.6 Å². The Labute approximate surface area is 556 Å². The van der Waals surface area contributed by atoms with Crippen LogP contribution in [0.1, 0.15) is 83.5 Å². The number of hydrogen-bond acceptors (Lipinski definition) is 19. The summed E-state index contributed by atoms with van der Waals surface area (Å²) in [5.74, 6) is -2.97. The molecular formula is C73H55N9O10S3. The maximum Gasteiger partial charge on any atom is 0.379 e. The number of esters is 2. The molecule has 0 bridgehead atoms. The molecule has 3 aliphatic heterocycles. The van der Waals surface area contributed by atoms with E-state index in [1.54, 1.807) is 24.4 Å². The van der Waals surface area contributed by atoms with Gasteiger partial charge in [0.15, 0.2) is 34.6 Å². The molecule has 22 heteroatoms. The molecule has 14 rings (SSSR count). The molecule has 2 atom stereocenters. The summed E-state index contributed by atoms with van der Waals surface area (Å²) >= 11 is 3.81. The number of thiazole rings is 1. The molecule has 0 unspecified atom stereocenters. The van der Waals surface area contributed by atoms with E-state index in [-0.39, 0.29) is 46.9 Å². The molecule has 2 N–H and O–H groups in total. The normalized spacial score (nSPS) is 15.1. The number of β-lactam (4-membered cyclic amide) rings is 1. The van der Waals surface area contributed by atoms with Crippen LogP contribution in [0, 0.1) is 6.92 Å². The quantitative estimate of drug-likeness (QED) is 0.00996. The average molecular weight is 1310 g/mol. The molecule has 95 heavy (non-hydrogen) atoms. The number of nitrogens with one attached hydrogen (secondary N) is 2. The van der Waals surface area contributed by atoms with Gasteiger partial charge in [-0.05, 0) is 75.7 Å². The van der Waals surface area contributed by atoms with Crippen LogP contribution in [0.25, 0.3) is 5.78 Å². The summed E-state index contributed by atoms with van der Waals surface area (Å²) < 4.78 is 25.1. The highest BCUT2D eigenvalue weighted by Crippen LogP contribution is 2.45. The second-order valence-electron chi connectivity index (χ2n) is 22.1. The van der Waals surface area contributed by atoms with Crippen molar-refractivity contribution in [3.8, 4) is 11.5 Å². The standard InChI is InChI=1S/C73H55N9O10S3/c1-45-39-58(82-71(74-45)77-64(79-82)70(87)91-63(48-27-13-4-14-28-48)49-29-15-5-16-30-49)93-41-51-42-94-67-60(66(84)81(67)61(51)69(86)90-62(46-23-9-2-10-24-46)47-25-11-3-12-26-47)76-65(83)59(80-92-68(85)50-37-38-56-57(40-50)89-44-88-56)55-43-95-72(75-55)78-73(52-31-17-6-18-32-52,53-33-19-7-20-34-53)54-35-21-8-22-36-54/h2-40,43,60,62-63,67H,41-42,44H2,1H3,(H,75,78)(H,76,83)/t60-,67-/m1/s1. The molecule has 0 aliphatic carbocycles. The Morgan fingerprint density at radius 3 is 1.73 bits per heavy atom. The zero-order valence-corrected chi connectivity index (χ0v) is 52.9. The van der Waals surface area contributed by atoms with Crippen LogP contribution in [0.3, 0.4) is 0 Å². The van der Waals surface area contributed by atoms with E-state index in [0.717, 1.165) is 27.8 Å². The molecule has 3 aliphatic rings. The zero-order valence-electron chi connectivity index (χ0n) is 50.5. The van der Waals surface area contributed by atoms with E-state index in [1.807, 2.05) is 212 Å². The van der Waals surface area contributed by atoms with Crippen LogP contribution in [0.5, 0.6) is 11.5 Å². The van der Waals surface area contributed by atoms with Crippen LogP contribution in [-0.4, -0.2) is 94.6 Å². The number of hydrogen-bond donors (Lipinski definition) is 2. The minimum absolute atomic E-state index is 0.00754. The number of anilines is 1. The largest absolute Gasteiger partial charge is 0.454 e. The molecule has 470 valence electrons. The van der Waals surface area contributed by atoms with Crippen LogP contribution in [0.4, 0.5) is 5.13 Å². The molecule has 2 amide bonds. The monoisotopic (exact) mass is 1310 g/mol. The minimum atomic E-state index is -1.23. The van der Waals surface area contributed by atoms with Crippen molar-refractivity contribution in [2.24, 2.45) is 5.16 Å². The summed E-state index contributed by atoms with van der Waals surface area (Å²) in [6.07, 6.45) is -1.65. The van der Waals surface area contributed by atoms with Gasteiger partial charge in [-0.1, -0.05) is 217 Å². The smallest absolute Gasteiger partial charge is 0.379 e. The van der Waals surface area contributed by atoms with E-state index in [1.165, 1.54) is 56.4 Å². The van der Waals surface area contributed by atoms with Gasteiger partial charge in [0, 0.05) is 22.6 Å². The van der Waals surface area contributed by atoms with Gasteiger partial charge in [0.1, 0.15) is 33.4 Å². The number of carbonyl (C=O) groups excluding carboxylic acids is 5. The summed E-state index contributed by atoms with van der Waals surface area (Å²) in [7, 11) is 0. The topological polar surface area (TPSA) is 227 Å². The van der Waals surface area contributed by atoms with Crippen molar-refractivity contribution in [3.05, 3.63) is 315 Å². The number of oxime groups is 1. The number of thioether (sulfide) groups is 2. The van der Waals surface area contributed by atoms with E-state index in [0.29, 0.717) is 44.1 Å². The fraction of sp³-hybridized carbons (Fsp3) is 0.123. The van der Waals surface area contributed by atoms with Crippen molar-refractivity contribution in [1.82, 2.24) is 34.8 Å². The lowest BCUT2D eigenvalue weighted by atomic mass is 9.77. The predicted octanol–water partition coefficient (Wildman–Crippen LogP) is 12.3. The lowest BCUT2D eigenvalue weighted by Gasteiger charge is -2.49. The van der Waals surface area contributed by atoms with Crippen LogP contribution in [-0.2, 0) is 34.2 Å². The van der Waals surface area contributed by atoms with Crippen molar-refractivity contribution in [2.45, 2.75) is 41.1 Å². The third-order valence-corrected chi connectivity index (χ3v) is 19.3. The minimum Gasteiger partial charge on any atom is -0.454 e. The van der Waals surface area contributed by atoms with Crippen molar-refractivity contribution in [3.63, 3.8) is 0 Å². The van der Waals surface area contributed by atoms with E-state index in [4.69, 9.17) is 28.8 Å². The molecule has 1 saturated heterocycles. The number of carbonyl (C=O) groups is 5. The molecule has 0 radical (unpaired) electrons. The van der Waals surface area contributed by atoms with Crippen molar-refractivity contribution < 1.29 is 47.8 Å². The lowest BCUT2D eigenvalue weighted by molar-refractivity contribution is -0.154. The number of ether oxygens (including phenoxy) is 4. The third kappa shape index (κ3) is 12.6. The molecule has 8 aromatic carbocycles. The number of nitrogens with zero attached hydrogens (tertiary/aromatic N) is 7. The highest BCUT2D eigenvalue weighted by molar-refractivity contribution is 8.01. The van der Waals surface area contributed by atoms with Crippen LogP contribution in [0.2, 0.25) is 0 Å². The zero-order chi connectivity index (χ0) is 64.8. The maximum absolute atomic E-state index is 15.3. The van der Waals surface area contributed by atoms with E-state index in [9.17, 15) is 9.59 Å². The number of aromatic nitrogens is 5. The number of benzene rings is 8. The molecule has 11 aromatic rings. The SMILES string of the molecule is Cc1cc(SCC2=C(C(=O)OC(c3ccccc3)c3ccccc3)N3C(=O)[C@@H](NC(=O)C(=NOC(=O)c4ccc5c(c4)OCO5)c4csc(NC(c5ccccc5)(c5ccccc5)c5ccccc5)n4)[C@H]3SC2)n2nc(C(=O)OC(c3ccccc3)c3ccccc3)nc2n1. The van der Waals surface area contributed by atoms with Gasteiger partial charge < -0.3 is 34.4 Å². The van der Waals surface area contributed by atoms with Crippen molar-refractivity contribution in [1.29, 1.82) is 0 Å². The van der Waals surface area contributed by atoms with Crippen molar-refractivity contribution >= 4 is 81.2 Å². The predicted molar refractivity (Wildman–Crippen MR) is 359 cm³/mol. The molecule has 19 nitrogen and oxygen atoms in total. The second kappa shape index (κ2) is 27.2. The Morgan fingerprint density at radius 1 is 0.642 bits per heavy atom. The lowest BCUT2D eigenvalue weighted by Crippen LogP contribution is -2.71. The molecule has 0 saturated carbocycles. The van der Waals surface area contributed by atoms with Crippen LogP contribution < -0.4 is 20.1 Å². The van der Waals surface area contributed by atoms with Gasteiger partial charge in [-0.15, -0.1) is 40.0 Å².